The van der Waals surface area contributed by atoms with Gasteiger partial charge in [0.1, 0.15) is 5.82 Å². The summed E-state index contributed by atoms with van der Waals surface area (Å²) in [5, 5.41) is 10.1. The normalized spacial score (nSPS) is 19.1. The van der Waals surface area contributed by atoms with E-state index >= 15 is 0 Å². The number of imide groups is 1. The van der Waals surface area contributed by atoms with E-state index in [0.29, 0.717) is 18.4 Å². The minimum absolute atomic E-state index is 0.122. The lowest BCUT2D eigenvalue weighted by Crippen LogP contribution is -2.37. The number of aliphatic hydroxyl groups excluding tert-OH is 1. The quantitative estimate of drug-likeness (QED) is 0.848. The molecule has 1 N–H and O–H groups in total. The van der Waals surface area contributed by atoms with Crippen LogP contribution in [0.15, 0.2) is 24.3 Å². The van der Waals surface area contributed by atoms with E-state index in [0.717, 1.165) is 4.90 Å². The Kier molecular flexibility index (Phi) is 4.42. The molecule has 114 valence electrons. The van der Waals surface area contributed by atoms with Gasteiger partial charge in [0, 0.05) is 6.42 Å². The van der Waals surface area contributed by atoms with Crippen LogP contribution < -0.4 is 0 Å². The maximum atomic E-state index is 13.2. The molecular weight excluding hydrogens is 273 g/mol. The second-order valence-electron chi connectivity index (χ2n) is 5.54. The number of carbonyl (C=O) groups is 2. The zero-order valence-electron chi connectivity index (χ0n) is 12.3. The molecule has 1 fully saturated rings. The van der Waals surface area contributed by atoms with Crippen LogP contribution in [-0.2, 0) is 9.59 Å². The molecule has 2 rings (SSSR count). The highest BCUT2D eigenvalue weighted by molar-refractivity contribution is 6.05. The average Bonchev–Trinajstić information content (AvgIpc) is 2.72. The van der Waals surface area contributed by atoms with Crippen molar-refractivity contribution in [3.05, 3.63) is 35.6 Å². The second kappa shape index (κ2) is 5.93. The summed E-state index contributed by atoms with van der Waals surface area (Å²) >= 11 is 0. The van der Waals surface area contributed by atoms with Crippen LogP contribution >= 0.6 is 0 Å². The van der Waals surface area contributed by atoms with Gasteiger partial charge in [0.25, 0.3) is 0 Å². The SMILES string of the molecule is CCC1(CC)CC(=O)N(C[C@H](O)c2cccc(F)c2)C1=O. The Labute approximate surface area is 123 Å². The first kappa shape index (κ1) is 15.6. The number of hydrogen-bond donors (Lipinski definition) is 1. The molecule has 1 heterocycles. The van der Waals surface area contributed by atoms with E-state index < -0.39 is 17.3 Å². The van der Waals surface area contributed by atoms with Gasteiger partial charge in [-0.3, -0.25) is 14.5 Å². The number of carbonyl (C=O) groups excluding carboxylic acids is 2. The van der Waals surface area contributed by atoms with E-state index in [-0.39, 0.29) is 24.8 Å². The highest BCUT2D eigenvalue weighted by atomic mass is 19.1. The summed E-state index contributed by atoms with van der Waals surface area (Å²) in [5.41, 5.74) is -0.278. The van der Waals surface area contributed by atoms with Crippen LogP contribution in [0.2, 0.25) is 0 Å². The molecule has 0 unspecified atom stereocenters. The first-order valence-corrected chi connectivity index (χ1v) is 7.22. The van der Waals surface area contributed by atoms with Crippen molar-refractivity contribution < 1.29 is 19.1 Å². The Bertz CT molecular complexity index is 554. The Hall–Kier alpha value is -1.75. The van der Waals surface area contributed by atoms with Gasteiger partial charge in [0.2, 0.25) is 11.8 Å². The van der Waals surface area contributed by atoms with Gasteiger partial charge in [-0.05, 0) is 30.5 Å². The van der Waals surface area contributed by atoms with Crippen LogP contribution in [0.1, 0.15) is 44.8 Å². The number of likely N-dealkylation sites (tertiary alicyclic amines) is 1. The van der Waals surface area contributed by atoms with Crippen molar-refractivity contribution in [1.29, 1.82) is 0 Å². The van der Waals surface area contributed by atoms with Gasteiger partial charge in [-0.25, -0.2) is 4.39 Å². The fourth-order valence-corrected chi connectivity index (χ4v) is 2.84. The minimum atomic E-state index is -1.07. The van der Waals surface area contributed by atoms with E-state index in [1.165, 1.54) is 18.2 Å². The molecule has 0 radical (unpaired) electrons. The van der Waals surface area contributed by atoms with Crippen LogP contribution in [0.4, 0.5) is 4.39 Å². The number of amides is 2. The lowest BCUT2D eigenvalue weighted by Gasteiger charge is -2.24. The monoisotopic (exact) mass is 293 g/mol. The molecule has 0 saturated carbocycles. The Morgan fingerprint density at radius 2 is 2.00 bits per heavy atom. The van der Waals surface area contributed by atoms with Crippen molar-refractivity contribution >= 4 is 11.8 Å². The lowest BCUT2D eigenvalue weighted by molar-refractivity contribution is -0.143. The number of benzene rings is 1. The van der Waals surface area contributed by atoms with Crippen molar-refractivity contribution in [1.82, 2.24) is 4.90 Å². The molecule has 0 bridgehead atoms. The number of rotatable bonds is 5. The Morgan fingerprint density at radius 3 is 2.52 bits per heavy atom. The van der Waals surface area contributed by atoms with Crippen LogP contribution in [0.25, 0.3) is 0 Å². The lowest BCUT2D eigenvalue weighted by atomic mass is 9.81. The van der Waals surface area contributed by atoms with Gasteiger partial charge < -0.3 is 5.11 Å². The molecule has 0 spiro atoms. The van der Waals surface area contributed by atoms with E-state index in [2.05, 4.69) is 0 Å². The molecule has 1 aliphatic rings. The highest BCUT2D eigenvalue weighted by Gasteiger charge is 2.49. The molecule has 0 aliphatic carbocycles. The maximum Gasteiger partial charge on any atom is 0.235 e. The third kappa shape index (κ3) is 2.83. The van der Waals surface area contributed by atoms with Crippen molar-refractivity contribution in [3.8, 4) is 0 Å². The number of aliphatic hydroxyl groups is 1. The van der Waals surface area contributed by atoms with Crippen molar-refractivity contribution in [2.24, 2.45) is 5.41 Å². The fourth-order valence-electron chi connectivity index (χ4n) is 2.84. The first-order valence-electron chi connectivity index (χ1n) is 7.22. The fraction of sp³-hybridized carbons (Fsp3) is 0.500. The molecular formula is C16H20FNO3. The van der Waals surface area contributed by atoms with Gasteiger partial charge in [0.05, 0.1) is 18.1 Å². The van der Waals surface area contributed by atoms with Crippen molar-refractivity contribution in [2.45, 2.75) is 39.2 Å². The number of nitrogens with zero attached hydrogens (tertiary/aromatic N) is 1. The summed E-state index contributed by atoms with van der Waals surface area (Å²) < 4.78 is 13.2. The van der Waals surface area contributed by atoms with Crippen LogP contribution in [-0.4, -0.2) is 28.4 Å². The number of halogens is 1. The largest absolute Gasteiger partial charge is 0.387 e. The Balaban J connectivity index is 2.16. The molecule has 21 heavy (non-hydrogen) atoms. The van der Waals surface area contributed by atoms with Crippen molar-refractivity contribution in [2.75, 3.05) is 6.54 Å². The topological polar surface area (TPSA) is 57.6 Å². The summed E-state index contributed by atoms with van der Waals surface area (Å²) in [6, 6.07) is 5.56. The zero-order chi connectivity index (χ0) is 15.6. The average molecular weight is 293 g/mol. The standard InChI is InChI=1S/C16H20FNO3/c1-3-16(4-2)9-14(20)18(15(16)21)10-13(19)11-6-5-7-12(17)8-11/h5-8,13,19H,3-4,9-10H2,1-2H3/t13-/m0/s1. The first-order chi connectivity index (χ1) is 9.93. The molecule has 1 aliphatic heterocycles. The second-order valence-corrected chi connectivity index (χ2v) is 5.54. The molecule has 1 saturated heterocycles. The molecule has 5 heteroatoms. The van der Waals surface area contributed by atoms with Gasteiger partial charge >= 0.3 is 0 Å². The minimum Gasteiger partial charge on any atom is -0.387 e. The van der Waals surface area contributed by atoms with E-state index in [1.807, 2.05) is 13.8 Å². The zero-order valence-corrected chi connectivity index (χ0v) is 12.3. The predicted octanol–water partition coefficient (Wildman–Crippen LogP) is 2.42. The molecule has 4 nitrogen and oxygen atoms in total. The van der Waals surface area contributed by atoms with Crippen LogP contribution in [0, 0.1) is 11.2 Å². The summed E-state index contributed by atoms with van der Waals surface area (Å²) in [5.74, 6) is -0.950. The molecule has 1 aromatic rings. The van der Waals surface area contributed by atoms with E-state index in [9.17, 15) is 19.1 Å². The third-order valence-corrected chi connectivity index (χ3v) is 4.43. The van der Waals surface area contributed by atoms with Crippen LogP contribution in [0.5, 0.6) is 0 Å². The Morgan fingerprint density at radius 1 is 1.33 bits per heavy atom. The summed E-state index contributed by atoms with van der Waals surface area (Å²) in [6.07, 6.45) is 0.314. The van der Waals surface area contributed by atoms with E-state index in [1.54, 1.807) is 6.07 Å². The molecule has 1 aromatic carbocycles. The maximum absolute atomic E-state index is 13.2. The van der Waals surface area contributed by atoms with Crippen LogP contribution in [0.3, 0.4) is 0 Å². The number of β-amino-alcohol motifs (C(OH)–C–C–N with tert-alkyl or cyclic N) is 1. The van der Waals surface area contributed by atoms with Gasteiger partial charge in [-0.1, -0.05) is 26.0 Å². The van der Waals surface area contributed by atoms with Gasteiger partial charge in [-0.15, -0.1) is 0 Å². The van der Waals surface area contributed by atoms with Crippen molar-refractivity contribution in [3.63, 3.8) is 0 Å². The predicted molar refractivity (Wildman–Crippen MR) is 75.7 cm³/mol. The van der Waals surface area contributed by atoms with E-state index in [4.69, 9.17) is 0 Å². The molecule has 0 aromatic heterocycles. The summed E-state index contributed by atoms with van der Waals surface area (Å²) in [4.78, 5) is 25.6. The third-order valence-electron chi connectivity index (χ3n) is 4.43. The highest BCUT2D eigenvalue weighted by Crippen LogP contribution is 2.39. The van der Waals surface area contributed by atoms with Gasteiger partial charge in [-0.2, -0.15) is 0 Å². The number of hydrogen-bond acceptors (Lipinski definition) is 3. The molecule has 2 amide bonds. The summed E-state index contributed by atoms with van der Waals surface area (Å²) in [7, 11) is 0. The summed E-state index contributed by atoms with van der Waals surface area (Å²) in [6.45, 7) is 3.66. The van der Waals surface area contributed by atoms with Gasteiger partial charge in [0.15, 0.2) is 0 Å². The smallest absolute Gasteiger partial charge is 0.235 e. The molecule has 1 atom stereocenters.